The number of aromatic carboxylic acids is 1. The number of rotatable bonds is 8. The lowest BCUT2D eigenvalue weighted by atomic mass is 9.97. The van der Waals surface area contributed by atoms with E-state index in [2.05, 4.69) is 0 Å². The molecule has 242 valence electrons. The minimum Gasteiger partial charge on any atom is -0.493 e. The molecule has 2 aromatic heterocycles. The SMILES string of the molecule is CCc1c2c(nn1C)CN(CC)S(=O)(=O)CCCn1c(C(=O)O)c(CCCOc3cccc4cc(F)ccc34)c3ccc(Cl)c-2c31. The first-order chi connectivity index (χ1) is 22.1. The zero-order valence-corrected chi connectivity index (χ0v) is 27.6. The summed E-state index contributed by atoms with van der Waals surface area (Å²) in [5, 5.41) is 18.1. The van der Waals surface area contributed by atoms with Crippen molar-refractivity contribution in [2.24, 2.45) is 7.05 Å². The van der Waals surface area contributed by atoms with E-state index >= 15 is 0 Å². The maximum atomic E-state index is 13.8. The molecule has 0 bridgehead atoms. The van der Waals surface area contributed by atoms with Crippen LogP contribution in [0.3, 0.4) is 0 Å². The molecule has 0 radical (unpaired) electrons. The number of aryl methyl sites for hydroxylation is 3. The lowest BCUT2D eigenvalue weighted by molar-refractivity contribution is 0.0684. The van der Waals surface area contributed by atoms with Gasteiger partial charge in [-0.1, -0.05) is 43.6 Å². The van der Waals surface area contributed by atoms with Crippen molar-refractivity contribution in [3.8, 4) is 16.9 Å². The fourth-order valence-electron chi connectivity index (χ4n) is 6.77. The summed E-state index contributed by atoms with van der Waals surface area (Å²) in [6, 6.07) is 13.7. The number of nitrogens with zero attached hydrogens (tertiary/aromatic N) is 4. The van der Waals surface area contributed by atoms with E-state index in [1.165, 1.54) is 16.4 Å². The van der Waals surface area contributed by atoms with Crippen LogP contribution in [-0.4, -0.2) is 57.1 Å². The Balaban J connectivity index is 1.46. The summed E-state index contributed by atoms with van der Waals surface area (Å²) in [4.78, 5) is 13.0. The van der Waals surface area contributed by atoms with Crippen molar-refractivity contribution < 1.29 is 27.4 Å². The molecule has 46 heavy (non-hydrogen) atoms. The Morgan fingerprint density at radius 1 is 1.11 bits per heavy atom. The maximum Gasteiger partial charge on any atom is 0.352 e. The molecule has 12 heteroatoms. The Labute approximate surface area is 272 Å². The molecule has 0 atom stereocenters. The van der Waals surface area contributed by atoms with E-state index in [1.54, 1.807) is 28.3 Å². The predicted octanol–water partition coefficient (Wildman–Crippen LogP) is 6.82. The molecular weight excluding hydrogens is 631 g/mol. The zero-order valence-electron chi connectivity index (χ0n) is 26.0. The van der Waals surface area contributed by atoms with E-state index < -0.39 is 16.0 Å². The average Bonchev–Trinajstić information content (AvgIpc) is 3.49. The van der Waals surface area contributed by atoms with Gasteiger partial charge < -0.3 is 14.4 Å². The van der Waals surface area contributed by atoms with Gasteiger partial charge in [0, 0.05) is 47.7 Å². The maximum absolute atomic E-state index is 13.8. The van der Waals surface area contributed by atoms with Gasteiger partial charge in [0.25, 0.3) is 0 Å². The predicted molar refractivity (Wildman–Crippen MR) is 178 cm³/mol. The number of hydrogen-bond acceptors (Lipinski definition) is 5. The van der Waals surface area contributed by atoms with Crippen molar-refractivity contribution in [1.29, 1.82) is 0 Å². The van der Waals surface area contributed by atoms with Gasteiger partial charge in [0.15, 0.2) is 0 Å². The fraction of sp³-hybridized carbons (Fsp3) is 0.353. The second-order valence-corrected chi connectivity index (χ2v) is 14.0. The summed E-state index contributed by atoms with van der Waals surface area (Å²) in [6.07, 6.45) is 1.74. The molecule has 0 saturated carbocycles. The number of hydrogen-bond donors (Lipinski definition) is 1. The van der Waals surface area contributed by atoms with Gasteiger partial charge in [-0.2, -0.15) is 9.40 Å². The Morgan fingerprint density at radius 3 is 2.63 bits per heavy atom. The molecule has 9 nitrogen and oxygen atoms in total. The third-order valence-electron chi connectivity index (χ3n) is 8.79. The van der Waals surface area contributed by atoms with Gasteiger partial charge in [0.1, 0.15) is 17.3 Å². The van der Waals surface area contributed by atoms with Gasteiger partial charge in [-0.3, -0.25) is 4.68 Å². The van der Waals surface area contributed by atoms with Crippen molar-refractivity contribution in [2.45, 2.75) is 52.6 Å². The van der Waals surface area contributed by atoms with E-state index in [0.717, 1.165) is 27.4 Å². The van der Waals surface area contributed by atoms with E-state index in [0.29, 0.717) is 59.0 Å². The topological polar surface area (TPSA) is 107 Å². The first-order valence-corrected chi connectivity index (χ1v) is 17.4. The fourth-order valence-corrected chi connectivity index (χ4v) is 8.48. The number of halogens is 2. The van der Waals surface area contributed by atoms with E-state index in [-0.39, 0.29) is 43.3 Å². The van der Waals surface area contributed by atoms with E-state index in [4.69, 9.17) is 21.4 Å². The molecule has 0 fully saturated rings. The van der Waals surface area contributed by atoms with Crippen LogP contribution in [0.4, 0.5) is 4.39 Å². The van der Waals surface area contributed by atoms with Crippen LogP contribution in [0.15, 0.2) is 48.5 Å². The Hall–Kier alpha value is -3.93. The van der Waals surface area contributed by atoms with Crippen LogP contribution in [0.2, 0.25) is 5.02 Å². The van der Waals surface area contributed by atoms with Gasteiger partial charge in [-0.15, -0.1) is 0 Å². The number of ether oxygens (including phenoxy) is 1. The van der Waals surface area contributed by atoms with Crippen LogP contribution in [-0.2, 0) is 43.0 Å². The van der Waals surface area contributed by atoms with Crippen molar-refractivity contribution in [1.82, 2.24) is 18.7 Å². The molecule has 0 aliphatic carbocycles. The Bertz CT molecular complexity index is 2090. The van der Waals surface area contributed by atoms with E-state index in [1.807, 2.05) is 38.2 Å². The van der Waals surface area contributed by atoms with Crippen LogP contribution < -0.4 is 4.74 Å². The number of carboxylic acids is 1. The van der Waals surface area contributed by atoms with Gasteiger partial charge in [-0.25, -0.2) is 17.6 Å². The number of carbonyl (C=O) groups is 1. The number of fused-ring (bicyclic) bond motifs is 3. The van der Waals surface area contributed by atoms with Crippen LogP contribution in [0.5, 0.6) is 5.75 Å². The largest absolute Gasteiger partial charge is 0.493 e. The molecular formula is C34H36ClFN4O5S. The van der Waals surface area contributed by atoms with Crippen molar-refractivity contribution in [3.05, 3.63) is 82.0 Å². The highest BCUT2D eigenvalue weighted by Crippen LogP contribution is 2.43. The molecule has 1 aliphatic rings. The second kappa shape index (κ2) is 12.7. The highest BCUT2D eigenvalue weighted by molar-refractivity contribution is 7.89. The molecule has 1 N–H and O–H groups in total. The molecule has 0 spiro atoms. The van der Waals surface area contributed by atoms with Crippen molar-refractivity contribution >= 4 is 49.3 Å². The van der Waals surface area contributed by atoms with Crippen molar-refractivity contribution in [3.63, 3.8) is 0 Å². The minimum atomic E-state index is -3.64. The lowest BCUT2D eigenvalue weighted by Crippen LogP contribution is -2.33. The molecule has 0 amide bonds. The average molecular weight is 667 g/mol. The minimum absolute atomic E-state index is 0.0895. The molecule has 0 unspecified atom stereocenters. The number of sulfonamides is 1. The highest BCUT2D eigenvalue weighted by Gasteiger charge is 2.32. The Morgan fingerprint density at radius 2 is 1.89 bits per heavy atom. The van der Waals surface area contributed by atoms with Gasteiger partial charge in [0.05, 0.1) is 35.1 Å². The van der Waals surface area contributed by atoms with Gasteiger partial charge >= 0.3 is 5.97 Å². The molecule has 6 rings (SSSR count). The Kier molecular flexibility index (Phi) is 8.84. The summed E-state index contributed by atoms with van der Waals surface area (Å²) in [5.74, 6) is -0.922. The summed E-state index contributed by atoms with van der Waals surface area (Å²) in [5.41, 5.74) is 4.30. The highest BCUT2D eigenvalue weighted by atomic mass is 35.5. The van der Waals surface area contributed by atoms with Gasteiger partial charge in [-0.05, 0) is 67.0 Å². The third-order valence-corrected chi connectivity index (χ3v) is 11.1. The quantitative estimate of drug-likeness (QED) is 0.182. The van der Waals surface area contributed by atoms with Crippen LogP contribution in [0.1, 0.15) is 54.1 Å². The summed E-state index contributed by atoms with van der Waals surface area (Å²) >= 11 is 6.98. The molecule has 0 saturated heterocycles. The number of carboxylic acid groups (broad SMARTS) is 1. The number of benzene rings is 3. The molecule has 3 heterocycles. The monoisotopic (exact) mass is 666 g/mol. The third kappa shape index (κ3) is 5.65. The normalized spacial score (nSPS) is 15.2. The van der Waals surface area contributed by atoms with Gasteiger partial charge in [0.2, 0.25) is 10.0 Å². The first kappa shape index (κ1) is 32.0. The summed E-state index contributed by atoms with van der Waals surface area (Å²) < 4.78 is 51.7. The second-order valence-electron chi connectivity index (χ2n) is 11.5. The van der Waals surface area contributed by atoms with Crippen LogP contribution in [0.25, 0.3) is 32.8 Å². The van der Waals surface area contributed by atoms with E-state index in [9.17, 15) is 22.7 Å². The zero-order chi connectivity index (χ0) is 32.7. The molecule has 3 aromatic carbocycles. The molecule has 5 aromatic rings. The smallest absolute Gasteiger partial charge is 0.352 e. The van der Waals surface area contributed by atoms with Crippen LogP contribution in [0, 0.1) is 5.82 Å². The summed E-state index contributed by atoms with van der Waals surface area (Å²) in [7, 11) is -1.81. The van der Waals surface area contributed by atoms with Crippen molar-refractivity contribution in [2.75, 3.05) is 18.9 Å². The standard InChI is InChI=1S/C34H36ClFN4O5S/c1-4-28-31-27(37-38(28)3)20-39(5-2)46(43,44)18-8-16-40-32-25(14-15-26(35)30(31)32)24(33(40)34(41)42)10-7-17-45-29-11-6-9-21-19-22(36)12-13-23(21)29/h6,9,11-15,19H,4-5,7-8,10,16-18,20H2,1-3H3,(H,41,42). The first-order valence-electron chi connectivity index (χ1n) is 15.5. The molecule has 1 aliphatic heterocycles. The number of aromatic nitrogens is 3. The summed E-state index contributed by atoms with van der Waals surface area (Å²) in [6.45, 7) is 4.67. The van der Waals surface area contributed by atoms with Crippen LogP contribution >= 0.6 is 11.6 Å². The lowest BCUT2D eigenvalue weighted by Gasteiger charge is -2.20.